The summed E-state index contributed by atoms with van der Waals surface area (Å²) in [7, 11) is 0. The molecule has 0 unspecified atom stereocenters. The predicted molar refractivity (Wildman–Crippen MR) is 143 cm³/mol. The van der Waals surface area contributed by atoms with Gasteiger partial charge in [-0.3, -0.25) is 0 Å². The van der Waals surface area contributed by atoms with Gasteiger partial charge in [0.2, 0.25) is 0 Å². The van der Waals surface area contributed by atoms with Crippen LogP contribution in [0.3, 0.4) is 0 Å². The number of aromatic nitrogens is 2. The SMILES string of the molecule is O=C(O)C=Cc1ccc(-c2nc(-c3cc(Cl)cc(Cl)c3Cl)[nH]c2-c2ccc(C=CC(=O)O)cc2)cc1. The Kier molecular flexibility index (Phi) is 7.60. The minimum Gasteiger partial charge on any atom is -0.478 e. The van der Waals surface area contributed by atoms with Crippen molar-refractivity contribution < 1.29 is 19.8 Å². The number of aromatic amines is 1. The Morgan fingerprint density at radius 2 is 1.31 bits per heavy atom. The molecule has 0 atom stereocenters. The van der Waals surface area contributed by atoms with Crippen molar-refractivity contribution in [2.75, 3.05) is 0 Å². The minimum absolute atomic E-state index is 0.294. The standard InChI is InChI=1S/C27H17Cl3N2O4/c28-19-13-20(24(30)21(29)14-19)27-31-25(17-7-1-15(2-8-17)5-11-22(33)34)26(32-27)18-9-3-16(4-10-18)6-12-23(35)36/h1-14H,(H,31,32)(H,33,34)(H,35,36). The summed E-state index contributed by atoms with van der Waals surface area (Å²) in [5, 5.41) is 18.7. The van der Waals surface area contributed by atoms with E-state index >= 15 is 0 Å². The second-order valence-electron chi connectivity index (χ2n) is 7.65. The van der Waals surface area contributed by atoms with Gasteiger partial charge in [0.1, 0.15) is 5.82 Å². The number of carboxylic acid groups (broad SMARTS) is 2. The summed E-state index contributed by atoms with van der Waals surface area (Å²) in [4.78, 5) is 29.7. The van der Waals surface area contributed by atoms with Gasteiger partial charge in [0, 0.05) is 33.9 Å². The molecule has 0 saturated carbocycles. The molecular weight excluding hydrogens is 523 g/mol. The van der Waals surface area contributed by atoms with Crippen LogP contribution >= 0.6 is 34.8 Å². The molecule has 1 aromatic heterocycles. The van der Waals surface area contributed by atoms with Crippen molar-refractivity contribution in [2.24, 2.45) is 0 Å². The lowest BCUT2D eigenvalue weighted by Gasteiger charge is -2.05. The van der Waals surface area contributed by atoms with Crippen molar-refractivity contribution in [1.29, 1.82) is 0 Å². The summed E-state index contributed by atoms with van der Waals surface area (Å²) in [5.74, 6) is -1.60. The molecule has 0 amide bonds. The molecule has 4 aromatic rings. The molecular formula is C27H17Cl3N2O4. The first-order valence-electron chi connectivity index (χ1n) is 10.5. The molecule has 0 aliphatic carbocycles. The van der Waals surface area contributed by atoms with Gasteiger partial charge in [0.25, 0.3) is 0 Å². The fourth-order valence-corrected chi connectivity index (χ4v) is 4.19. The average molecular weight is 540 g/mol. The van der Waals surface area contributed by atoms with Crippen molar-refractivity contribution >= 4 is 58.9 Å². The maximum absolute atomic E-state index is 10.8. The molecule has 3 aromatic carbocycles. The third-order valence-electron chi connectivity index (χ3n) is 5.17. The number of H-pyrrole nitrogens is 1. The van der Waals surface area contributed by atoms with E-state index in [1.807, 2.05) is 24.3 Å². The van der Waals surface area contributed by atoms with Crippen LogP contribution in [-0.4, -0.2) is 32.1 Å². The van der Waals surface area contributed by atoms with Crippen LogP contribution < -0.4 is 0 Å². The van der Waals surface area contributed by atoms with Gasteiger partial charge in [-0.05, 0) is 35.4 Å². The second kappa shape index (κ2) is 10.8. The highest BCUT2D eigenvalue weighted by Crippen LogP contribution is 2.39. The van der Waals surface area contributed by atoms with E-state index in [2.05, 4.69) is 4.98 Å². The number of hydrogen-bond donors (Lipinski definition) is 3. The van der Waals surface area contributed by atoms with Crippen molar-refractivity contribution in [3.63, 3.8) is 0 Å². The van der Waals surface area contributed by atoms with Gasteiger partial charge >= 0.3 is 11.9 Å². The van der Waals surface area contributed by atoms with Crippen LogP contribution in [-0.2, 0) is 9.59 Å². The van der Waals surface area contributed by atoms with Gasteiger partial charge in [0.05, 0.1) is 21.4 Å². The number of halogens is 3. The number of benzene rings is 3. The molecule has 0 aliphatic heterocycles. The number of rotatable bonds is 7. The zero-order valence-corrected chi connectivity index (χ0v) is 20.6. The lowest BCUT2D eigenvalue weighted by atomic mass is 10.0. The summed E-state index contributed by atoms with van der Waals surface area (Å²) >= 11 is 18.9. The van der Waals surface area contributed by atoms with Crippen molar-refractivity contribution in [2.45, 2.75) is 0 Å². The fourth-order valence-electron chi connectivity index (χ4n) is 3.49. The van der Waals surface area contributed by atoms with E-state index in [0.717, 1.165) is 34.4 Å². The van der Waals surface area contributed by atoms with Crippen LogP contribution in [0.2, 0.25) is 15.1 Å². The van der Waals surface area contributed by atoms with Crippen LogP contribution in [0.15, 0.2) is 72.8 Å². The molecule has 180 valence electrons. The van der Waals surface area contributed by atoms with E-state index in [9.17, 15) is 9.59 Å². The van der Waals surface area contributed by atoms with E-state index in [4.69, 9.17) is 50.0 Å². The lowest BCUT2D eigenvalue weighted by Crippen LogP contribution is -1.87. The highest BCUT2D eigenvalue weighted by atomic mass is 35.5. The summed E-state index contributed by atoms with van der Waals surface area (Å²) in [6.07, 6.45) is 5.14. The monoisotopic (exact) mass is 538 g/mol. The van der Waals surface area contributed by atoms with Crippen molar-refractivity contribution in [3.05, 3.63) is 99.0 Å². The molecule has 0 spiro atoms. The van der Waals surface area contributed by atoms with Gasteiger partial charge in [-0.1, -0.05) is 83.3 Å². The first-order valence-corrected chi connectivity index (χ1v) is 11.6. The number of imidazole rings is 1. The molecule has 36 heavy (non-hydrogen) atoms. The molecule has 3 N–H and O–H groups in total. The summed E-state index contributed by atoms with van der Waals surface area (Å²) in [6, 6.07) is 17.7. The molecule has 0 aliphatic rings. The zero-order valence-electron chi connectivity index (χ0n) is 18.4. The molecule has 1 heterocycles. The third-order valence-corrected chi connectivity index (χ3v) is 6.19. The molecule has 4 rings (SSSR count). The van der Waals surface area contributed by atoms with E-state index in [1.54, 1.807) is 36.4 Å². The number of carboxylic acids is 2. The number of aliphatic carboxylic acids is 2. The average Bonchev–Trinajstić information content (AvgIpc) is 3.29. The number of nitrogens with zero attached hydrogens (tertiary/aromatic N) is 1. The van der Waals surface area contributed by atoms with Gasteiger partial charge in [-0.2, -0.15) is 0 Å². The summed E-state index contributed by atoms with van der Waals surface area (Å²) in [6.45, 7) is 0. The normalized spacial score (nSPS) is 11.4. The van der Waals surface area contributed by atoms with E-state index in [-0.39, 0.29) is 0 Å². The third kappa shape index (κ3) is 5.86. The van der Waals surface area contributed by atoms with Crippen LogP contribution in [0.5, 0.6) is 0 Å². The fraction of sp³-hybridized carbons (Fsp3) is 0. The summed E-state index contributed by atoms with van der Waals surface area (Å²) < 4.78 is 0. The Bertz CT molecular complexity index is 1420. The highest BCUT2D eigenvalue weighted by molar-refractivity contribution is 6.45. The highest BCUT2D eigenvalue weighted by Gasteiger charge is 2.18. The Morgan fingerprint density at radius 1 is 0.778 bits per heavy atom. The van der Waals surface area contributed by atoms with Crippen LogP contribution in [0, 0.1) is 0 Å². The van der Waals surface area contributed by atoms with Gasteiger partial charge in [0.15, 0.2) is 0 Å². The molecule has 9 heteroatoms. The topological polar surface area (TPSA) is 103 Å². The molecule has 0 bridgehead atoms. The number of nitrogens with one attached hydrogen (secondary N) is 1. The minimum atomic E-state index is -1.03. The quantitative estimate of drug-likeness (QED) is 0.166. The largest absolute Gasteiger partial charge is 0.478 e. The van der Waals surface area contributed by atoms with Gasteiger partial charge < -0.3 is 15.2 Å². The van der Waals surface area contributed by atoms with E-state index in [1.165, 1.54) is 12.2 Å². The van der Waals surface area contributed by atoms with Crippen molar-refractivity contribution in [3.8, 4) is 33.9 Å². The lowest BCUT2D eigenvalue weighted by molar-refractivity contribution is -0.132. The molecule has 0 saturated heterocycles. The predicted octanol–water partition coefficient (Wildman–Crippen LogP) is 7.57. The maximum Gasteiger partial charge on any atom is 0.328 e. The Balaban J connectivity index is 1.82. The van der Waals surface area contributed by atoms with Gasteiger partial charge in [-0.15, -0.1) is 0 Å². The Labute approximate surface area is 221 Å². The molecule has 6 nitrogen and oxygen atoms in total. The zero-order chi connectivity index (χ0) is 25.8. The number of hydrogen-bond acceptors (Lipinski definition) is 3. The number of carbonyl (C=O) groups is 2. The Hall–Kier alpha value is -3.84. The Morgan fingerprint density at radius 3 is 1.83 bits per heavy atom. The first kappa shape index (κ1) is 25.3. The van der Waals surface area contributed by atoms with Crippen LogP contribution in [0.4, 0.5) is 0 Å². The molecule has 0 fully saturated rings. The smallest absolute Gasteiger partial charge is 0.328 e. The van der Waals surface area contributed by atoms with Crippen LogP contribution in [0.1, 0.15) is 11.1 Å². The van der Waals surface area contributed by atoms with Gasteiger partial charge in [-0.25, -0.2) is 14.6 Å². The van der Waals surface area contributed by atoms with Crippen LogP contribution in [0.25, 0.3) is 46.1 Å². The second-order valence-corrected chi connectivity index (χ2v) is 8.87. The molecule has 0 radical (unpaired) electrons. The maximum atomic E-state index is 10.8. The first-order chi connectivity index (χ1) is 17.2. The van der Waals surface area contributed by atoms with E-state index < -0.39 is 11.9 Å². The van der Waals surface area contributed by atoms with E-state index in [0.29, 0.717) is 37.8 Å². The van der Waals surface area contributed by atoms with Crippen molar-refractivity contribution in [1.82, 2.24) is 9.97 Å². The summed E-state index contributed by atoms with van der Waals surface area (Å²) in [5.41, 5.74) is 4.87.